The molecule has 1 saturated heterocycles. The number of halogens is 4. The number of rotatable bonds is 7. The van der Waals surface area contributed by atoms with E-state index in [1.165, 1.54) is 12.1 Å². The van der Waals surface area contributed by atoms with Gasteiger partial charge in [-0.15, -0.1) is 5.10 Å². The predicted octanol–water partition coefficient (Wildman–Crippen LogP) is 2.18. The molecule has 1 aliphatic heterocycles. The molecule has 1 N–H and O–H groups in total. The van der Waals surface area contributed by atoms with E-state index in [9.17, 15) is 22.4 Å². The number of nitrogens with one attached hydrogen (secondary N) is 1. The Morgan fingerprint density at radius 3 is 2.43 bits per heavy atom. The Hall–Kier alpha value is -2.53. The fraction of sp³-hybridized carbons (Fsp3) is 0.526. The monoisotopic (exact) mass is 428 g/mol. The average molecular weight is 428 g/mol. The summed E-state index contributed by atoms with van der Waals surface area (Å²) in [5, 5.41) is 9.23. The zero-order chi connectivity index (χ0) is 21.7. The van der Waals surface area contributed by atoms with E-state index in [1.807, 2.05) is 0 Å². The van der Waals surface area contributed by atoms with Gasteiger partial charge >= 0.3 is 6.18 Å². The van der Waals surface area contributed by atoms with Gasteiger partial charge in [0.25, 0.3) is 5.91 Å². The molecule has 0 radical (unpaired) electrons. The van der Waals surface area contributed by atoms with Gasteiger partial charge in [-0.05, 0) is 31.6 Å². The Kier molecular flexibility index (Phi) is 7.03. The number of alkyl halides is 3. The molecule has 1 aliphatic rings. The number of carbonyl (C=O) groups excluding carboxylic acids is 1. The predicted molar refractivity (Wildman–Crippen MR) is 102 cm³/mol. The number of amides is 1. The molecule has 0 bridgehead atoms. The number of likely N-dealkylation sites (N-methyl/N-ethyl adjacent to an activating group) is 1. The molecule has 0 unspecified atom stereocenters. The van der Waals surface area contributed by atoms with Crippen LogP contribution >= 0.6 is 0 Å². The fourth-order valence-electron chi connectivity index (χ4n) is 3.40. The van der Waals surface area contributed by atoms with E-state index in [0.29, 0.717) is 11.1 Å². The molecule has 0 spiro atoms. The highest BCUT2D eigenvalue weighted by atomic mass is 19.4. The Bertz CT molecular complexity index is 861. The van der Waals surface area contributed by atoms with Crippen LogP contribution in [0.25, 0.3) is 5.69 Å². The smallest absolute Gasteiger partial charge is 0.351 e. The van der Waals surface area contributed by atoms with Crippen LogP contribution in [0.4, 0.5) is 17.6 Å². The number of carbonyl (C=O) groups is 1. The highest BCUT2D eigenvalue weighted by Gasteiger charge is 2.42. The quantitative estimate of drug-likeness (QED) is 0.541. The molecule has 1 fully saturated rings. The van der Waals surface area contributed by atoms with Gasteiger partial charge in [0.05, 0.1) is 0 Å². The number of hydrogen-bond acceptors (Lipinski definition) is 5. The summed E-state index contributed by atoms with van der Waals surface area (Å²) in [5.74, 6) is -1.89. The molecule has 0 atom stereocenters. The molecule has 1 amide bonds. The normalized spacial score (nSPS) is 16.0. The maximum atomic E-state index is 14.0. The molecular weight excluding hydrogens is 404 g/mol. The standard InChI is InChI=1S/C19H24F4N6O/c1-2-27-10-12-28(13-11-27)9-5-8-24-18(30)16-17(19(21,22)23)29(26-25-16)15-7-4-3-6-14(15)20/h3-4,6-7H,2,5,8-13H2,1H3,(H,24,30). The van der Waals surface area contributed by atoms with E-state index in [1.54, 1.807) is 0 Å². The molecule has 0 aliphatic carbocycles. The summed E-state index contributed by atoms with van der Waals surface area (Å²) in [6.07, 6.45) is -4.34. The lowest BCUT2D eigenvalue weighted by atomic mass is 10.2. The van der Waals surface area contributed by atoms with E-state index in [-0.39, 0.29) is 6.54 Å². The van der Waals surface area contributed by atoms with Crippen molar-refractivity contribution in [2.24, 2.45) is 0 Å². The van der Waals surface area contributed by atoms with E-state index in [2.05, 4.69) is 32.4 Å². The van der Waals surface area contributed by atoms with E-state index in [4.69, 9.17) is 0 Å². The maximum absolute atomic E-state index is 14.0. The number of aromatic nitrogens is 3. The second-order valence-corrected chi connectivity index (χ2v) is 7.03. The van der Waals surface area contributed by atoms with Crippen LogP contribution in [-0.4, -0.2) is 76.5 Å². The van der Waals surface area contributed by atoms with Crippen LogP contribution in [0.15, 0.2) is 24.3 Å². The highest BCUT2D eigenvalue weighted by molar-refractivity contribution is 5.93. The lowest BCUT2D eigenvalue weighted by molar-refractivity contribution is -0.143. The summed E-state index contributed by atoms with van der Waals surface area (Å²) in [7, 11) is 0. The van der Waals surface area contributed by atoms with Gasteiger partial charge in [-0.3, -0.25) is 4.79 Å². The number of para-hydroxylation sites is 1. The third-order valence-electron chi connectivity index (χ3n) is 5.08. The number of benzene rings is 1. The molecule has 1 aromatic heterocycles. The number of piperazine rings is 1. The van der Waals surface area contributed by atoms with Crippen molar-refractivity contribution < 1.29 is 22.4 Å². The van der Waals surface area contributed by atoms with E-state index in [0.717, 1.165) is 51.4 Å². The molecular formula is C19H24F4N6O. The highest BCUT2D eigenvalue weighted by Crippen LogP contribution is 2.33. The van der Waals surface area contributed by atoms with Crippen LogP contribution < -0.4 is 5.32 Å². The summed E-state index contributed by atoms with van der Waals surface area (Å²) in [6.45, 7) is 7.90. The zero-order valence-electron chi connectivity index (χ0n) is 16.6. The minimum atomic E-state index is -4.93. The van der Waals surface area contributed by atoms with Crippen molar-refractivity contribution in [2.45, 2.75) is 19.5 Å². The SMILES string of the molecule is CCN1CCN(CCCNC(=O)c2nnn(-c3ccccc3F)c2C(F)(F)F)CC1. The summed E-state index contributed by atoms with van der Waals surface area (Å²) in [5.41, 5.74) is -2.70. The van der Waals surface area contributed by atoms with Crippen molar-refractivity contribution in [1.29, 1.82) is 0 Å². The van der Waals surface area contributed by atoms with Crippen molar-refractivity contribution in [3.05, 3.63) is 41.5 Å². The van der Waals surface area contributed by atoms with Crippen LogP contribution in [0.1, 0.15) is 29.5 Å². The Labute approximate surface area is 171 Å². The van der Waals surface area contributed by atoms with Gasteiger partial charge in [0.2, 0.25) is 0 Å². The first-order valence-electron chi connectivity index (χ1n) is 9.82. The van der Waals surface area contributed by atoms with Crippen LogP contribution in [-0.2, 0) is 6.18 Å². The molecule has 7 nitrogen and oxygen atoms in total. The number of nitrogens with zero attached hydrogens (tertiary/aromatic N) is 5. The van der Waals surface area contributed by atoms with Gasteiger partial charge in [0.15, 0.2) is 11.4 Å². The first kappa shape index (κ1) is 22.2. The van der Waals surface area contributed by atoms with Crippen LogP contribution in [0.2, 0.25) is 0 Å². The Balaban J connectivity index is 1.63. The van der Waals surface area contributed by atoms with E-state index < -0.39 is 35.0 Å². The molecule has 164 valence electrons. The third kappa shape index (κ3) is 5.14. The Morgan fingerprint density at radius 2 is 1.80 bits per heavy atom. The largest absolute Gasteiger partial charge is 0.435 e. The minimum absolute atomic E-state index is 0.205. The Morgan fingerprint density at radius 1 is 1.13 bits per heavy atom. The molecule has 3 rings (SSSR count). The van der Waals surface area contributed by atoms with Gasteiger partial charge in [0, 0.05) is 32.7 Å². The molecule has 1 aromatic carbocycles. The zero-order valence-corrected chi connectivity index (χ0v) is 16.6. The van der Waals surface area contributed by atoms with Crippen LogP contribution in [0, 0.1) is 5.82 Å². The fourth-order valence-corrected chi connectivity index (χ4v) is 3.40. The molecule has 2 heterocycles. The summed E-state index contributed by atoms with van der Waals surface area (Å²) in [4.78, 5) is 16.9. The van der Waals surface area contributed by atoms with Crippen molar-refractivity contribution in [3.8, 4) is 5.69 Å². The van der Waals surface area contributed by atoms with Crippen molar-refractivity contribution in [2.75, 3.05) is 45.8 Å². The second kappa shape index (κ2) is 9.52. The van der Waals surface area contributed by atoms with Gasteiger partial charge < -0.3 is 15.1 Å². The summed E-state index contributed by atoms with van der Waals surface area (Å²) in [6, 6.07) is 4.87. The van der Waals surface area contributed by atoms with E-state index >= 15 is 0 Å². The van der Waals surface area contributed by atoms with Gasteiger partial charge in [0.1, 0.15) is 11.5 Å². The third-order valence-corrected chi connectivity index (χ3v) is 5.08. The average Bonchev–Trinajstić information content (AvgIpc) is 3.17. The van der Waals surface area contributed by atoms with Crippen LogP contribution in [0.5, 0.6) is 0 Å². The van der Waals surface area contributed by atoms with Crippen molar-refractivity contribution in [3.63, 3.8) is 0 Å². The van der Waals surface area contributed by atoms with Gasteiger partial charge in [-0.1, -0.05) is 24.3 Å². The molecule has 2 aromatic rings. The second-order valence-electron chi connectivity index (χ2n) is 7.03. The first-order valence-corrected chi connectivity index (χ1v) is 9.82. The lowest BCUT2D eigenvalue weighted by Crippen LogP contribution is -2.46. The summed E-state index contributed by atoms with van der Waals surface area (Å²) < 4.78 is 55.1. The summed E-state index contributed by atoms with van der Waals surface area (Å²) >= 11 is 0. The maximum Gasteiger partial charge on any atom is 0.435 e. The van der Waals surface area contributed by atoms with Gasteiger partial charge in [-0.25, -0.2) is 9.07 Å². The van der Waals surface area contributed by atoms with Crippen LogP contribution in [0.3, 0.4) is 0 Å². The topological polar surface area (TPSA) is 66.3 Å². The molecule has 30 heavy (non-hydrogen) atoms. The van der Waals surface area contributed by atoms with Crippen molar-refractivity contribution >= 4 is 5.91 Å². The molecule has 0 saturated carbocycles. The van der Waals surface area contributed by atoms with Gasteiger partial charge in [-0.2, -0.15) is 13.2 Å². The minimum Gasteiger partial charge on any atom is -0.351 e. The first-order chi connectivity index (χ1) is 14.3. The molecule has 11 heteroatoms. The number of hydrogen-bond donors (Lipinski definition) is 1. The van der Waals surface area contributed by atoms with Crippen molar-refractivity contribution in [1.82, 2.24) is 30.1 Å². The lowest BCUT2D eigenvalue weighted by Gasteiger charge is -2.33.